The Kier molecular flexibility index (Phi) is 2.13. The molecule has 2 fully saturated rings. The number of rotatable bonds is 1. The maximum absolute atomic E-state index is 6.05. The Balaban J connectivity index is 1.78. The van der Waals surface area contributed by atoms with Gasteiger partial charge in [0.1, 0.15) is 0 Å². The highest BCUT2D eigenvalue weighted by Crippen LogP contribution is 2.47. The van der Waals surface area contributed by atoms with Crippen molar-refractivity contribution < 1.29 is 0 Å². The van der Waals surface area contributed by atoms with E-state index in [1.54, 1.807) is 0 Å². The van der Waals surface area contributed by atoms with E-state index < -0.39 is 0 Å². The second kappa shape index (κ2) is 3.41. The molecule has 1 aliphatic carbocycles. The van der Waals surface area contributed by atoms with Gasteiger partial charge in [0, 0.05) is 18.5 Å². The van der Waals surface area contributed by atoms with Crippen LogP contribution in [0.1, 0.15) is 31.2 Å². The molecule has 0 amide bonds. The third-order valence-corrected chi connectivity index (χ3v) is 4.24. The Morgan fingerprint density at radius 1 is 1.19 bits per heavy atom. The van der Waals surface area contributed by atoms with Crippen molar-refractivity contribution in [3.63, 3.8) is 0 Å². The Bertz CT molecular complexity index is 397. The number of nitrogens with zero attached hydrogens (tertiary/aromatic N) is 1. The molecule has 2 nitrogen and oxygen atoms in total. The summed E-state index contributed by atoms with van der Waals surface area (Å²) in [4.78, 5) is 2.45. The molecule has 0 radical (unpaired) electrons. The molecule has 2 N–H and O–H groups in total. The number of benzene rings is 1. The number of nitrogens with two attached hydrogens (primary N) is 1. The van der Waals surface area contributed by atoms with Crippen LogP contribution in [0.3, 0.4) is 0 Å². The Hall–Kier alpha value is -1.18. The molecule has 0 unspecified atom stereocenters. The Labute approximate surface area is 97.4 Å². The summed E-state index contributed by atoms with van der Waals surface area (Å²) in [6, 6.07) is 6.34. The van der Waals surface area contributed by atoms with Crippen molar-refractivity contribution in [2.24, 2.45) is 5.41 Å². The topological polar surface area (TPSA) is 29.3 Å². The summed E-state index contributed by atoms with van der Waals surface area (Å²) in [5, 5.41) is 0. The highest BCUT2D eigenvalue weighted by molar-refractivity contribution is 5.69. The molecule has 1 saturated heterocycles. The fourth-order valence-corrected chi connectivity index (χ4v) is 3.30. The number of nitrogen functional groups attached to an aromatic ring is 1. The third-order valence-electron chi connectivity index (χ3n) is 4.24. The first kappa shape index (κ1) is 10.0. The SMILES string of the molecule is Cc1ccc(N)c(N2CC3(CCCC3)C2)c1. The van der Waals surface area contributed by atoms with Crippen LogP contribution in [0.5, 0.6) is 0 Å². The molecular formula is C14H20N2. The summed E-state index contributed by atoms with van der Waals surface area (Å²) in [5.74, 6) is 0. The zero-order valence-electron chi connectivity index (χ0n) is 10.00. The largest absolute Gasteiger partial charge is 0.397 e. The maximum atomic E-state index is 6.05. The quantitative estimate of drug-likeness (QED) is 0.731. The van der Waals surface area contributed by atoms with Gasteiger partial charge in [-0.1, -0.05) is 18.9 Å². The summed E-state index contributed by atoms with van der Waals surface area (Å²) in [7, 11) is 0. The summed E-state index contributed by atoms with van der Waals surface area (Å²) < 4.78 is 0. The molecule has 2 heteroatoms. The molecule has 0 bridgehead atoms. The standard InChI is InChI=1S/C14H20N2/c1-11-4-5-12(15)13(8-11)16-9-14(10-16)6-2-3-7-14/h4-5,8H,2-3,6-7,9-10,15H2,1H3. The van der Waals surface area contributed by atoms with Gasteiger partial charge >= 0.3 is 0 Å². The van der Waals surface area contributed by atoms with Gasteiger partial charge in [-0.15, -0.1) is 0 Å². The van der Waals surface area contributed by atoms with E-state index in [1.165, 1.54) is 50.0 Å². The van der Waals surface area contributed by atoms with Crippen LogP contribution in [0, 0.1) is 12.3 Å². The Morgan fingerprint density at radius 2 is 1.88 bits per heavy atom. The number of hydrogen-bond acceptors (Lipinski definition) is 2. The second-order valence-electron chi connectivity index (χ2n) is 5.63. The van der Waals surface area contributed by atoms with Crippen molar-refractivity contribution in [1.82, 2.24) is 0 Å². The van der Waals surface area contributed by atoms with Crippen molar-refractivity contribution >= 4 is 11.4 Å². The Morgan fingerprint density at radius 3 is 2.56 bits per heavy atom. The summed E-state index contributed by atoms with van der Waals surface area (Å²) in [5.41, 5.74) is 10.2. The molecule has 1 aromatic carbocycles. The molecule has 1 saturated carbocycles. The van der Waals surface area contributed by atoms with E-state index in [4.69, 9.17) is 5.73 Å². The van der Waals surface area contributed by atoms with Crippen molar-refractivity contribution in [2.75, 3.05) is 23.7 Å². The van der Waals surface area contributed by atoms with Gasteiger partial charge < -0.3 is 10.6 Å². The van der Waals surface area contributed by atoms with Crippen LogP contribution < -0.4 is 10.6 Å². The van der Waals surface area contributed by atoms with E-state index in [0.717, 1.165) is 5.69 Å². The van der Waals surface area contributed by atoms with Crippen LogP contribution in [-0.2, 0) is 0 Å². The van der Waals surface area contributed by atoms with Gasteiger partial charge in [-0.3, -0.25) is 0 Å². The van der Waals surface area contributed by atoms with Crippen LogP contribution in [0.4, 0.5) is 11.4 Å². The smallest absolute Gasteiger partial charge is 0.0602 e. The lowest BCUT2D eigenvalue weighted by molar-refractivity contribution is 0.222. The second-order valence-corrected chi connectivity index (χ2v) is 5.63. The molecule has 0 aromatic heterocycles. The van der Waals surface area contributed by atoms with Crippen LogP contribution >= 0.6 is 0 Å². The van der Waals surface area contributed by atoms with Gasteiger partial charge in [-0.2, -0.15) is 0 Å². The molecule has 0 atom stereocenters. The number of hydrogen-bond donors (Lipinski definition) is 1. The monoisotopic (exact) mass is 216 g/mol. The van der Waals surface area contributed by atoms with E-state index in [9.17, 15) is 0 Å². The molecule has 1 aliphatic heterocycles. The zero-order valence-corrected chi connectivity index (χ0v) is 10.00. The lowest BCUT2D eigenvalue weighted by Gasteiger charge is -2.50. The molecule has 1 spiro atoms. The van der Waals surface area contributed by atoms with Crippen LogP contribution in [0.25, 0.3) is 0 Å². The lowest BCUT2D eigenvalue weighted by Crippen LogP contribution is -2.55. The van der Waals surface area contributed by atoms with Crippen LogP contribution in [-0.4, -0.2) is 13.1 Å². The van der Waals surface area contributed by atoms with Gasteiger partial charge in [0.25, 0.3) is 0 Å². The fourth-order valence-electron chi connectivity index (χ4n) is 3.30. The molecule has 2 aliphatic rings. The minimum absolute atomic E-state index is 0.649. The predicted octanol–water partition coefficient (Wildman–Crippen LogP) is 2.96. The van der Waals surface area contributed by atoms with Gasteiger partial charge in [-0.25, -0.2) is 0 Å². The van der Waals surface area contributed by atoms with E-state index in [0.29, 0.717) is 5.41 Å². The van der Waals surface area contributed by atoms with Crippen molar-refractivity contribution in [2.45, 2.75) is 32.6 Å². The maximum Gasteiger partial charge on any atom is 0.0602 e. The molecule has 86 valence electrons. The normalized spacial score (nSPS) is 22.4. The van der Waals surface area contributed by atoms with E-state index in [1.807, 2.05) is 6.07 Å². The fraction of sp³-hybridized carbons (Fsp3) is 0.571. The minimum atomic E-state index is 0.649. The number of aryl methyl sites for hydroxylation is 1. The molecule has 3 rings (SSSR count). The first-order valence-corrected chi connectivity index (χ1v) is 6.30. The molecular weight excluding hydrogens is 196 g/mol. The minimum Gasteiger partial charge on any atom is -0.397 e. The van der Waals surface area contributed by atoms with E-state index >= 15 is 0 Å². The van der Waals surface area contributed by atoms with Gasteiger partial charge in [0.2, 0.25) is 0 Å². The third kappa shape index (κ3) is 1.48. The summed E-state index contributed by atoms with van der Waals surface area (Å²) in [6.07, 6.45) is 5.71. The lowest BCUT2D eigenvalue weighted by atomic mass is 9.78. The summed E-state index contributed by atoms with van der Waals surface area (Å²) in [6.45, 7) is 4.58. The van der Waals surface area contributed by atoms with Crippen molar-refractivity contribution in [1.29, 1.82) is 0 Å². The van der Waals surface area contributed by atoms with Gasteiger partial charge in [-0.05, 0) is 37.5 Å². The van der Waals surface area contributed by atoms with Crippen molar-refractivity contribution in [3.8, 4) is 0 Å². The van der Waals surface area contributed by atoms with Gasteiger partial charge in [0.15, 0.2) is 0 Å². The number of anilines is 2. The predicted molar refractivity (Wildman–Crippen MR) is 68.7 cm³/mol. The molecule has 1 aromatic rings. The molecule has 16 heavy (non-hydrogen) atoms. The van der Waals surface area contributed by atoms with E-state index in [-0.39, 0.29) is 0 Å². The first-order valence-electron chi connectivity index (χ1n) is 6.30. The molecule has 1 heterocycles. The van der Waals surface area contributed by atoms with Gasteiger partial charge in [0.05, 0.1) is 11.4 Å². The zero-order chi connectivity index (χ0) is 11.2. The highest BCUT2D eigenvalue weighted by atomic mass is 15.2. The van der Waals surface area contributed by atoms with Crippen LogP contribution in [0.2, 0.25) is 0 Å². The van der Waals surface area contributed by atoms with Crippen molar-refractivity contribution in [3.05, 3.63) is 23.8 Å². The average molecular weight is 216 g/mol. The first-order chi connectivity index (χ1) is 7.69. The van der Waals surface area contributed by atoms with E-state index in [2.05, 4.69) is 24.0 Å². The summed E-state index contributed by atoms with van der Waals surface area (Å²) >= 11 is 0. The van der Waals surface area contributed by atoms with Crippen LogP contribution in [0.15, 0.2) is 18.2 Å². The average Bonchev–Trinajstić information content (AvgIpc) is 2.68. The highest BCUT2D eigenvalue weighted by Gasteiger charge is 2.44.